The summed E-state index contributed by atoms with van der Waals surface area (Å²) >= 11 is 0. The van der Waals surface area contributed by atoms with Crippen LogP contribution in [0.4, 0.5) is 11.5 Å². The molecule has 0 bridgehead atoms. The van der Waals surface area contributed by atoms with E-state index in [0.717, 1.165) is 50.1 Å². The molecule has 1 amide bonds. The number of anilines is 2. The topological polar surface area (TPSA) is 116 Å². The smallest absolute Gasteiger partial charge is 0.358 e. The third kappa shape index (κ3) is 4.80. The number of aryl methyl sites for hydroxylation is 1. The van der Waals surface area contributed by atoms with Crippen molar-refractivity contribution in [2.75, 3.05) is 56.2 Å². The minimum Gasteiger partial charge on any atom is -0.494 e. The zero-order chi connectivity index (χ0) is 30.6. The number of fused-ring (bicyclic) bond motifs is 1. The third-order valence-electron chi connectivity index (χ3n) is 9.86. The number of hydrogen-bond donors (Lipinski definition) is 1. The summed E-state index contributed by atoms with van der Waals surface area (Å²) in [6, 6.07) is 16.3. The van der Waals surface area contributed by atoms with E-state index in [0.29, 0.717) is 31.1 Å². The number of ether oxygens (including phenoxy) is 1. The van der Waals surface area contributed by atoms with Gasteiger partial charge in [0.05, 0.1) is 19.0 Å². The van der Waals surface area contributed by atoms with Crippen LogP contribution in [0.25, 0.3) is 5.65 Å². The van der Waals surface area contributed by atoms with Crippen LogP contribution >= 0.6 is 0 Å². The van der Waals surface area contributed by atoms with Crippen molar-refractivity contribution < 1.29 is 19.4 Å². The van der Waals surface area contributed by atoms with Crippen molar-refractivity contribution in [2.45, 2.75) is 38.5 Å². The zero-order valence-corrected chi connectivity index (χ0v) is 25.4. The Morgan fingerprint density at radius 1 is 0.932 bits per heavy atom. The highest BCUT2D eigenvalue weighted by Crippen LogP contribution is 2.42. The van der Waals surface area contributed by atoms with Crippen LogP contribution in [0.3, 0.4) is 0 Å². The Balaban J connectivity index is 1.06. The maximum absolute atomic E-state index is 13.7. The van der Waals surface area contributed by atoms with Crippen LogP contribution in [0.15, 0.2) is 54.7 Å². The van der Waals surface area contributed by atoms with E-state index in [1.165, 1.54) is 12.7 Å². The van der Waals surface area contributed by atoms with Crippen molar-refractivity contribution in [3.05, 3.63) is 77.4 Å². The third-order valence-corrected chi connectivity index (χ3v) is 9.86. The standard InChI is InChI=1S/C33H37N7O4/c1-22-17-24(37-14-11-32(2,19-37)23-7-5-4-6-8-23)18-40-29(22)35-28(36-40)30(41)39-16-13-33(21-39)12-15-38(20-33)26-10-9-25(44-3)27(34-26)31(42)43/h4-10,17-18H,11-16,19-21H2,1-3H3,(H,42,43)/t32-,33?/m0/s1. The number of carboxylic acids is 1. The van der Waals surface area contributed by atoms with Crippen LogP contribution in [0.5, 0.6) is 5.75 Å². The van der Waals surface area contributed by atoms with Crippen LogP contribution < -0.4 is 14.5 Å². The first kappa shape index (κ1) is 28.1. The maximum Gasteiger partial charge on any atom is 0.358 e. The average Bonchev–Trinajstić information content (AvgIpc) is 3.84. The van der Waals surface area contributed by atoms with Gasteiger partial charge in [-0.3, -0.25) is 4.79 Å². The van der Waals surface area contributed by atoms with Gasteiger partial charge in [-0.1, -0.05) is 37.3 Å². The second kappa shape index (κ2) is 10.5. The Morgan fingerprint density at radius 3 is 2.48 bits per heavy atom. The molecule has 2 atom stereocenters. The highest BCUT2D eigenvalue weighted by atomic mass is 16.5. The Labute approximate surface area is 256 Å². The van der Waals surface area contributed by atoms with E-state index >= 15 is 0 Å². The number of pyridine rings is 2. The van der Waals surface area contributed by atoms with E-state index in [9.17, 15) is 14.7 Å². The summed E-state index contributed by atoms with van der Waals surface area (Å²) in [5.74, 6) is -0.209. The van der Waals surface area contributed by atoms with Crippen molar-refractivity contribution in [1.29, 1.82) is 0 Å². The molecule has 3 aliphatic heterocycles. The van der Waals surface area contributed by atoms with Gasteiger partial charge in [-0.25, -0.2) is 19.3 Å². The second-order valence-corrected chi connectivity index (χ2v) is 12.9. The minimum atomic E-state index is -1.12. The van der Waals surface area contributed by atoms with Crippen molar-refractivity contribution in [1.82, 2.24) is 24.5 Å². The molecule has 1 spiro atoms. The van der Waals surface area contributed by atoms with Gasteiger partial charge >= 0.3 is 5.97 Å². The molecule has 7 rings (SSSR count). The van der Waals surface area contributed by atoms with Crippen LogP contribution in [0, 0.1) is 12.3 Å². The Morgan fingerprint density at radius 2 is 1.70 bits per heavy atom. The van der Waals surface area contributed by atoms with Crippen molar-refractivity contribution >= 4 is 29.0 Å². The molecule has 3 saturated heterocycles. The lowest BCUT2D eigenvalue weighted by molar-refractivity contribution is 0.0685. The van der Waals surface area contributed by atoms with Gasteiger partial charge in [0.2, 0.25) is 5.82 Å². The summed E-state index contributed by atoms with van der Waals surface area (Å²) in [4.78, 5) is 40.8. The molecule has 11 nitrogen and oxygen atoms in total. The number of aromatic nitrogens is 4. The highest BCUT2D eigenvalue weighted by Gasteiger charge is 2.46. The van der Waals surface area contributed by atoms with Gasteiger partial charge in [-0.15, -0.1) is 5.10 Å². The van der Waals surface area contributed by atoms with Crippen molar-refractivity contribution in [3.8, 4) is 5.75 Å². The van der Waals surface area contributed by atoms with Gasteiger partial charge in [0, 0.05) is 50.1 Å². The number of benzene rings is 1. The number of nitrogens with zero attached hydrogens (tertiary/aromatic N) is 7. The fourth-order valence-corrected chi connectivity index (χ4v) is 7.30. The molecule has 11 heteroatoms. The quantitative estimate of drug-likeness (QED) is 0.352. The fraction of sp³-hybridized carbons (Fsp3) is 0.424. The number of hydrogen-bond acceptors (Lipinski definition) is 8. The molecule has 44 heavy (non-hydrogen) atoms. The molecule has 1 unspecified atom stereocenters. The Hall–Kier alpha value is -4.67. The van der Waals surface area contributed by atoms with Crippen LogP contribution in [-0.2, 0) is 5.41 Å². The summed E-state index contributed by atoms with van der Waals surface area (Å²) in [7, 11) is 1.44. The van der Waals surface area contributed by atoms with Crippen molar-refractivity contribution in [3.63, 3.8) is 0 Å². The largest absolute Gasteiger partial charge is 0.494 e. The molecular weight excluding hydrogens is 558 g/mol. The first-order valence-electron chi connectivity index (χ1n) is 15.2. The van der Waals surface area contributed by atoms with E-state index in [2.05, 4.69) is 68.2 Å². The summed E-state index contributed by atoms with van der Waals surface area (Å²) in [5.41, 5.74) is 4.03. The van der Waals surface area contributed by atoms with E-state index in [-0.39, 0.29) is 34.0 Å². The molecule has 0 aliphatic carbocycles. The fourth-order valence-electron chi connectivity index (χ4n) is 7.30. The average molecular weight is 596 g/mol. The van der Waals surface area contributed by atoms with Gasteiger partial charge in [-0.2, -0.15) is 0 Å². The second-order valence-electron chi connectivity index (χ2n) is 12.9. The van der Waals surface area contributed by atoms with Crippen LogP contribution in [0.2, 0.25) is 0 Å². The number of amides is 1. The summed E-state index contributed by atoms with van der Waals surface area (Å²) < 4.78 is 6.92. The molecule has 1 N–H and O–H groups in total. The van der Waals surface area contributed by atoms with E-state index in [4.69, 9.17) is 4.74 Å². The Kier molecular flexibility index (Phi) is 6.71. The highest BCUT2D eigenvalue weighted by molar-refractivity contribution is 5.91. The molecule has 1 aromatic carbocycles. The van der Waals surface area contributed by atoms with Gasteiger partial charge < -0.3 is 24.5 Å². The van der Waals surface area contributed by atoms with Crippen LogP contribution in [-0.4, -0.2) is 87.8 Å². The van der Waals surface area contributed by atoms with Crippen LogP contribution in [0.1, 0.15) is 58.4 Å². The number of methoxy groups -OCH3 is 1. The van der Waals surface area contributed by atoms with Gasteiger partial charge in [0.1, 0.15) is 5.82 Å². The van der Waals surface area contributed by atoms with E-state index in [1.807, 2.05) is 18.0 Å². The predicted molar refractivity (Wildman–Crippen MR) is 166 cm³/mol. The molecule has 0 saturated carbocycles. The number of rotatable bonds is 6. The monoisotopic (exact) mass is 595 g/mol. The normalized spacial score (nSPS) is 23.3. The van der Waals surface area contributed by atoms with E-state index < -0.39 is 5.97 Å². The number of carbonyl (C=O) groups excluding carboxylic acids is 1. The molecule has 4 aromatic rings. The van der Waals surface area contributed by atoms with E-state index in [1.54, 1.807) is 16.6 Å². The number of likely N-dealkylation sites (tertiary alicyclic amines) is 1. The lowest BCUT2D eigenvalue weighted by atomic mass is 9.82. The predicted octanol–water partition coefficient (Wildman–Crippen LogP) is 4.05. The first-order valence-corrected chi connectivity index (χ1v) is 15.2. The summed E-state index contributed by atoms with van der Waals surface area (Å²) in [6.07, 6.45) is 4.82. The molecule has 3 aromatic heterocycles. The van der Waals surface area contributed by atoms with Gasteiger partial charge in [-0.05, 0) is 55.5 Å². The van der Waals surface area contributed by atoms with Gasteiger partial charge in [0.15, 0.2) is 17.1 Å². The zero-order valence-electron chi connectivity index (χ0n) is 25.4. The first-order chi connectivity index (χ1) is 21.2. The summed E-state index contributed by atoms with van der Waals surface area (Å²) in [6.45, 7) is 8.90. The number of aromatic carboxylic acids is 1. The summed E-state index contributed by atoms with van der Waals surface area (Å²) in [5, 5.41) is 14.2. The minimum absolute atomic E-state index is 0.0793. The molecule has 3 aliphatic rings. The SMILES string of the molecule is COc1ccc(N2CCC3(CCN(C(=O)c4nc5c(C)cc(N6CC[C@](C)(c7ccccc7)C6)cn5n4)C3)C2)nc1C(=O)O. The lowest BCUT2D eigenvalue weighted by Crippen LogP contribution is -2.34. The maximum atomic E-state index is 13.7. The number of carbonyl (C=O) groups is 2. The molecule has 3 fully saturated rings. The Bertz CT molecular complexity index is 1760. The number of carboxylic acid groups (broad SMARTS) is 1. The molecule has 6 heterocycles. The molecule has 228 valence electrons. The van der Waals surface area contributed by atoms with Gasteiger partial charge in [0.25, 0.3) is 5.91 Å². The molecular formula is C33H37N7O4. The molecule has 0 radical (unpaired) electrons. The van der Waals surface area contributed by atoms with Crippen molar-refractivity contribution in [2.24, 2.45) is 5.41 Å². The lowest BCUT2D eigenvalue weighted by Gasteiger charge is -2.26.